The highest BCUT2D eigenvalue weighted by Gasteiger charge is 2.23. The number of aromatic nitrogens is 2. The van der Waals surface area contributed by atoms with Gasteiger partial charge in [0.1, 0.15) is 34.9 Å². The zero-order valence-corrected chi connectivity index (χ0v) is 16.3. The van der Waals surface area contributed by atoms with E-state index in [2.05, 4.69) is 5.10 Å². The number of rotatable bonds is 6. The third-order valence-electron chi connectivity index (χ3n) is 4.99. The van der Waals surface area contributed by atoms with Crippen molar-refractivity contribution in [1.29, 1.82) is 10.5 Å². The molecule has 10 nitrogen and oxygen atoms in total. The molecule has 2 heterocycles. The summed E-state index contributed by atoms with van der Waals surface area (Å²) in [6.07, 6.45) is 4.54. The van der Waals surface area contributed by atoms with Crippen LogP contribution in [-0.2, 0) is 6.54 Å². The van der Waals surface area contributed by atoms with Gasteiger partial charge in [-0.25, -0.2) is 4.68 Å². The molecule has 30 heavy (non-hydrogen) atoms. The molecular formula is C20H21N7O3. The standard InChI is InChI=1S/C20H21N7O3/c21-12-15(19-16(13-22)20(23)26(24-19)8-9-28)10-14-4-5-17(18(11-14)27(29)30)25-6-2-1-3-7-25/h4-5,10-11,28H,1-3,6-9,23H2/b15-10+. The Hall–Kier alpha value is -3.89. The van der Waals surface area contributed by atoms with Crippen molar-refractivity contribution >= 4 is 28.8 Å². The van der Waals surface area contributed by atoms with Crippen LogP contribution in [0.4, 0.5) is 17.2 Å². The first kappa shape index (κ1) is 20.8. The summed E-state index contributed by atoms with van der Waals surface area (Å²) < 4.78 is 1.25. The number of nitro benzene ring substituents is 1. The predicted molar refractivity (Wildman–Crippen MR) is 111 cm³/mol. The molecule has 2 aromatic rings. The average Bonchev–Trinajstić information content (AvgIpc) is 3.07. The lowest BCUT2D eigenvalue weighted by Gasteiger charge is -2.28. The highest BCUT2D eigenvalue weighted by atomic mass is 16.6. The first-order valence-corrected chi connectivity index (χ1v) is 9.53. The SMILES string of the molecule is N#C/C(=C\c1ccc(N2CCCCC2)c([N+](=O)[O-])c1)c1nn(CCO)c(N)c1C#N. The zero-order valence-electron chi connectivity index (χ0n) is 16.3. The topological polar surface area (TPSA) is 158 Å². The first-order valence-electron chi connectivity index (χ1n) is 9.53. The molecule has 1 aliphatic rings. The van der Waals surface area contributed by atoms with E-state index in [1.54, 1.807) is 12.1 Å². The Kier molecular flexibility index (Phi) is 6.30. The fourth-order valence-corrected chi connectivity index (χ4v) is 3.54. The summed E-state index contributed by atoms with van der Waals surface area (Å²) in [7, 11) is 0. The monoisotopic (exact) mass is 407 g/mol. The maximum Gasteiger partial charge on any atom is 0.293 e. The number of nitrogen functional groups attached to an aromatic ring is 1. The van der Waals surface area contributed by atoms with Crippen molar-refractivity contribution in [3.05, 3.63) is 45.1 Å². The Labute approximate surface area is 173 Å². The number of nitro groups is 1. The minimum Gasteiger partial charge on any atom is -0.394 e. The van der Waals surface area contributed by atoms with E-state index in [1.807, 2.05) is 17.0 Å². The fraction of sp³-hybridized carbons (Fsp3) is 0.350. The van der Waals surface area contributed by atoms with Crippen molar-refractivity contribution in [2.24, 2.45) is 0 Å². The van der Waals surface area contributed by atoms with Crippen LogP contribution < -0.4 is 10.6 Å². The Morgan fingerprint density at radius 3 is 2.67 bits per heavy atom. The van der Waals surface area contributed by atoms with Gasteiger partial charge < -0.3 is 15.7 Å². The van der Waals surface area contributed by atoms with Crippen LogP contribution in [0.25, 0.3) is 11.6 Å². The number of hydrogen-bond donors (Lipinski definition) is 2. The van der Waals surface area contributed by atoms with Crippen molar-refractivity contribution in [3.63, 3.8) is 0 Å². The van der Waals surface area contributed by atoms with Crippen molar-refractivity contribution in [1.82, 2.24) is 9.78 Å². The number of piperidine rings is 1. The van der Waals surface area contributed by atoms with Crippen LogP contribution in [0.5, 0.6) is 0 Å². The molecule has 1 aromatic carbocycles. The lowest BCUT2D eigenvalue weighted by atomic mass is 10.0. The third kappa shape index (κ3) is 4.09. The molecule has 0 spiro atoms. The van der Waals surface area contributed by atoms with Gasteiger partial charge in [0, 0.05) is 19.2 Å². The summed E-state index contributed by atoms with van der Waals surface area (Å²) in [6, 6.07) is 8.72. The van der Waals surface area contributed by atoms with E-state index >= 15 is 0 Å². The number of nitrogens with zero attached hydrogens (tertiary/aromatic N) is 6. The van der Waals surface area contributed by atoms with Crippen LogP contribution in [0.15, 0.2) is 18.2 Å². The lowest BCUT2D eigenvalue weighted by Crippen LogP contribution is -2.29. The summed E-state index contributed by atoms with van der Waals surface area (Å²) in [5.74, 6) is 0.0501. The van der Waals surface area contributed by atoms with Gasteiger partial charge in [-0.2, -0.15) is 15.6 Å². The van der Waals surface area contributed by atoms with E-state index in [-0.39, 0.29) is 41.5 Å². The van der Waals surface area contributed by atoms with Crippen molar-refractivity contribution < 1.29 is 10.0 Å². The molecule has 10 heteroatoms. The molecule has 0 amide bonds. The molecule has 0 atom stereocenters. The second kappa shape index (κ2) is 9.07. The minimum absolute atomic E-state index is 0.0238. The maximum atomic E-state index is 11.7. The largest absolute Gasteiger partial charge is 0.394 e. The molecule has 0 aliphatic carbocycles. The Morgan fingerprint density at radius 2 is 2.07 bits per heavy atom. The molecule has 0 radical (unpaired) electrons. The van der Waals surface area contributed by atoms with Gasteiger partial charge in [0.15, 0.2) is 0 Å². The number of hydrogen-bond acceptors (Lipinski definition) is 8. The summed E-state index contributed by atoms with van der Waals surface area (Å²) in [5.41, 5.74) is 7.01. The predicted octanol–water partition coefficient (Wildman–Crippen LogP) is 2.29. The van der Waals surface area contributed by atoms with Crippen LogP contribution in [0, 0.1) is 32.8 Å². The number of anilines is 2. The molecule has 0 saturated carbocycles. The van der Waals surface area contributed by atoms with Gasteiger partial charge in [-0.3, -0.25) is 10.1 Å². The lowest BCUT2D eigenvalue weighted by molar-refractivity contribution is -0.384. The number of aliphatic hydroxyl groups excluding tert-OH is 1. The fourth-order valence-electron chi connectivity index (χ4n) is 3.54. The van der Waals surface area contributed by atoms with Gasteiger partial charge in [0.25, 0.3) is 5.69 Å². The normalized spacial score (nSPS) is 14.2. The Morgan fingerprint density at radius 1 is 1.33 bits per heavy atom. The first-order chi connectivity index (χ1) is 14.5. The minimum atomic E-state index is -0.429. The number of nitrogens with two attached hydrogens (primary N) is 1. The molecule has 3 N–H and O–H groups in total. The van der Waals surface area contributed by atoms with Crippen LogP contribution >= 0.6 is 0 Å². The zero-order chi connectivity index (χ0) is 21.7. The van der Waals surface area contributed by atoms with Gasteiger partial charge in [0.05, 0.1) is 23.6 Å². The van der Waals surface area contributed by atoms with E-state index in [4.69, 9.17) is 10.8 Å². The van der Waals surface area contributed by atoms with E-state index in [1.165, 1.54) is 16.8 Å². The van der Waals surface area contributed by atoms with Crippen LogP contribution in [0.2, 0.25) is 0 Å². The molecule has 0 unspecified atom stereocenters. The Bertz CT molecular complexity index is 1070. The van der Waals surface area contributed by atoms with Crippen LogP contribution in [0.1, 0.15) is 36.1 Å². The van der Waals surface area contributed by atoms with Gasteiger partial charge in [-0.1, -0.05) is 6.07 Å². The highest BCUT2D eigenvalue weighted by molar-refractivity contribution is 5.92. The van der Waals surface area contributed by atoms with E-state index < -0.39 is 4.92 Å². The molecule has 0 bridgehead atoms. The van der Waals surface area contributed by atoms with Crippen molar-refractivity contribution in [3.8, 4) is 12.1 Å². The molecule has 154 valence electrons. The quantitative estimate of drug-likeness (QED) is 0.419. The smallest absolute Gasteiger partial charge is 0.293 e. The second-order valence-electron chi connectivity index (χ2n) is 6.89. The van der Waals surface area contributed by atoms with Gasteiger partial charge >= 0.3 is 0 Å². The molecule has 1 fully saturated rings. The number of aliphatic hydroxyl groups is 1. The summed E-state index contributed by atoms with van der Waals surface area (Å²) in [6.45, 7) is 1.39. The number of allylic oxidation sites excluding steroid dienone is 1. The third-order valence-corrected chi connectivity index (χ3v) is 4.99. The van der Waals surface area contributed by atoms with Crippen molar-refractivity contribution in [2.75, 3.05) is 30.3 Å². The van der Waals surface area contributed by atoms with Gasteiger partial charge in [0.2, 0.25) is 0 Å². The van der Waals surface area contributed by atoms with E-state index in [0.29, 0.717) is 11.3 Å². The number of benzene rings is 1. The molecule has 1 saturated heterocycles. The van der Waals surface area contributed by atoms with Crippen LogP contribution in [-0.4, -0.2) is 39.5 Å². The summed E-state index contributed by atoms with van der Waals surface area (Å²) in [5, 5.41) is 44.0. The molecule has 1 aliphatic heterocycles. The molecule has 1 aromatic heterocycles. The highest BCUT2D eigenvalue weighted by Crippen LogP contribution is 2.33. The average molecular weight is 407 g/mol. The molecule has 3 rings (SSSR count). The van der Waals surface area contributed by atoms with Gasteiger partial charge in [-0.05, 0) is 37.0 Å². The van der Waals surface area contributed by atoms with Crippen molar-refractivity contribution in [2.45, 2.75) is 25.8 Å². The van der Waals surface area contributed by atoms with Crippen LogP contribution in [0.3, 0.4) is 0 Å². The van der Waals surface area contributed by atoms with E-state index in [9.17, 15) is 20.6 Å². The maximum absolute atomic E-state index is 11.7. The second-order valence-corrected chi connectivity index (χ2v) is 6.89. The van der Waals surface area contributed by atoms with Gasteiger partial charge in [-0.15, -0.1) is 0 Å². The molecular weight excluding hydrogens is 386 g/mol. The summed E-state index contributed by atoms with van der Waals surface area (Å²) >= 11 is 0. The van der Waals surface area contributed by atoms with E-state index in [0.717, 1.165) is 32.4 Å². The Balaban J connectivity index is 2.04. The summed E-state index contributed by atoms with van der Waals surface area (Å²) in [4.78, 5) is 13.2. The number of nitriles is 2.